The Morgan fingerprint density at radius 3 is 2.64 bits per heavy atom. The van der Waals surface area contributed by atoms with Crippen LogP contribution in [-0.4, -0.2) is 4.98 Å². The molecule has 0 radical (unpaired) electrons. The van der Waals surface area contributed by atoms with Crippen molar-refractivity contribution in [3.05, 3.63) is 27.5 Å². The third-order valence-corrected chi connectivity index (χ3v) is 2.35. The molecule has 0 aliphatic rings. The van der Waals surface area contributed by atoms with Crippen LogP contribution in [0.25, 0.3) is 0 Å². The van der Waals surface area contributed by atoms with Crippen molar-refractivity contribution in [2.45, 2.75) is 12.8 Å². The highest BCUT2D eigenvalue weighted by Crippen LogP contribution is 2.33. The van der Waals surface area contributed by atoms with Crippen LogP contribution in [0.15, 0.2) is 6.20 Å². The molecule has 0 atom stereocenters. The highest BCUT2D eigenvalue weighted by Gasteiger charge is 2.19. The molecule has 0 saturated heterocycles. The Morgan fingerprint density at radius 2 is 2.14 bits per heavy atom. The molecule has 6 heteroatoms. The van der Waals surface area contributed by atoms with Crippen molar-refractivity contribution in [3.8, 4) is 6.07 Å². The fraction of sp³-hybridized carbons (Fsp3) is 0.250. The van der Waals surface area contributed by atoms with Gasteiger partial charge in [0.25, 0.3) is 6.43 Å². The lowest BCUT2D eigenvalue weighted by molar-refractivity contribution is 0.150. The maximum absolute atomic E-state index is 12.5. The first-order valence-corrected chi connectivity index (χ1v) is 4.31. The summed E-state index contributed by atoms with van der Waals surface area (Å²) < 4.78 is 25.0. The fourth-order valence-electron chi connectivity index (χ4n) is 0.975. The average molecular weight is 237 g/mol. The van der Waals surface area contributed by atoms with Gasteiger partial charge in [0.1, 0.15) is 5.15 Å². The Hall–Kier alpha value is -0.920. The van der Waals surface area contributed by atoms with Crippen molar-refractivity contribution in [1.82, 2.24) is 4.98 Å². The molecule has 0 saturated carbocycles. The van der Waals surface area contributed by atoms with Gasteiger partial charge in [-0.3, -0.25) is 0 Å². The monoisotopic (exact) mass is 236 g/mol. The smallest absolute Gasteiger partial charge is 0.243 e. The minimum Gasteiger partial charge on any atom is -0.243 e. The predicted octanol–water partition coefficient (Wildman–Crippen LogP) is 3.39. The van der Waals surface area contributed by atoms with Gasteiger partial charge in [0.05, 0.1) is 17.5 Å². The van der Waals surface area contributed by atoms with Crippen LogP contribution in [-0.2, 0) is 6.42 Å². The molecule has 1 heterocycles. The van der Waals surface area contributed by atoms with E-state index >= 15 is 0 Å². The van der Waals surface area contributed by atoms with Gasteiger partial charge in [-0.05, 0) is 5.56 Å². The Morgan fingerprint density at radius 1 is 1.50 bits per heavy atom. The van der Waals surface area contributed by atoms with Crippen LogP contribution in [0.3, 0.4) is 0 Å². The lowest BCUT2D eigenvalue weighted by Gasteiger charge is -2.08. The SMILES string of the molecule is N#CCc1cnc(Cl)c(Cl)c1C(F)F. The zero-order valence-electron chi connectivity index (χ0n) is 6.77. The van der Waals surface area contributed by atoms with E-state index < -0.39 is 12.0 Å². The van der Waals surface area contributed by atoms with E-state index in [2.05, 4.69) is 4.98 Å². The van der Waals surface area contributed by atoms with E-state index in [1.54, 1.807) is 6.07 Å². The van der Waals surface area contributed by atoms with Crippen molar-refractivity contribution in [3.63, 3.8) is 0 Å². The molecule has 0 fully saturated rings. The summed E-state index contributed by atoms with van der Waals surface area (Å²) in [5.74, 6) is 0. The van der Waals surface area contributed by atoms with Crippen molar-refractivity contribution < 1.29 is 8.78 Å². The number of nitrogens with zero attached hydrogens (tertiary/aromatic N) is 2. The van der Waals surface area contributed by atoms with E-state index in [9.17, 15) is 8.78 Å². The van der Waals surface area contributed by atoms with Crippen LogP contribution in [0.5, 0.6) is 0 Å². The summed E-state index contributed by atoms with van der Waals surface area (Å²) in [6.07, 6.45) is -1.78. The second-order valence-electron chi connectivity index (χ2n) is 2.44. The van der Waals surface area contributed by atoms with E-state index in [-0.39, 0.29) is 22.2 Å². The fourth-order valence-corrected chi connectivity index (χ4v) is 1.38. The minimum atomic E-state index is -2.76. The number of pyridine rings is 1. The lowest BCUT2D eigenvalue weighted by Crippen LogP contribution is -1.97. The highest BCUT2D eigenvalue weighted by molar-refractivity contribution is 6.41. The lowest BCUT2D eigenvalue weighted by atomic mass is 10.1. The van der Waals surface area contributed by atoms with Gasteiger partial charge in [-0.25, -0.2) is 13.8 Å². The second-order valence-corrected chi connectivity index (χ2v) is 3.17. The molecule has 0 unspecified atom stereocenters. The zero-order chi connectivity index (χ0) is 10.7. The number of rotatable bonds is 2. The third kappa shape index (κ3) is 2.11. The molecular weight excluding hydrogens is 233 g/mol. The van der Waals surface area contributed by atoms with E-state index in [4.69, 9.17) is 28.5 Å². The second kappa shape index (κ2) is 4.54. The summed E-state index contributed by atoms with van der Waals surface area (Å²) in [5.41, 5.74) is -0.301. The number of aromatic nitrogens is 1. The van der Waals surface area contributed by atoms with E-state index in [0.29, 0.717) is 0 Å². The summed E-state index contributed by atoms with van der Waals surface area (Å²) in [4.78, 5) is 3.59. The standard InChI is InChI=1S/C8H4Cl2F2N2/c9-6-5(8(11)12)4(1-2-13)3-14-7(6)10/h3,8H,1H2. The maximum atomic E-state index is 12.5. The normalized spacial score (nSPS) is 10.3. The molecule has 0 aromatic carbocycles. The first-order valence-electron chi connectivity index (χ1n) is 3.55. The summed E-state index contributed by atoms with van der Waals surface area (Å²) in [5, 5.41) is 7.93. The number of hydrogen-bond acceptors (Lipinski definition) is 2. The van der Waals surface area contributed by atoms with Crippen molar-refractivity contribution in [2.75, 3.05) is 0 Å². The van der Waals surface area contributed by atoms with Crippen LogP contribution in [0.4, 0.5) is 8.78 Å². The largest absolute Gasteiger partial charge is 0.265 e. The predicted molar refractivity (Wildman–Crippen MR) is 48.5 cm³/mol. The molecule has 1 rings (SSSR count). The number of hydrogen-bond donors (Lipinski definition) is 0. The molecule has 0 aliphatic carbocycles. The van der Waals surface area contributed by atoms with Crippen LogP contribution >= 0.6 is 23.2 Å². The Bertz CT molecular complexity index is 388. The molecule has 0 spiro atoms. The van der Waals surface area contributed by atoms with Crippen LogP contribution in [0.1, 0.15) is 17.6 Å². The van der Waals surface area contributed by atoms with E-state index in [0.717, 1.165) is 6.20 Å². The molecular formula is C8H4Cl2F2N2. The number of alkyl halides is 2. The quantitative estimate of drug-likeness (QED) is 0.739. The topological polar surface area (TPSA) is 36.7 Å². The molecule has 14 heavy (non-hydrogen) atoms. The molecule has 0 aliphatic heterocycles. The zero-order valence-corrected chi connectivity index (χ0v) is 8.28. The highest BCUT2D eigenvalue weighted by atomic mass is 35.5. The van der Waals surface area contributed by atoms with Gasteiger partial charge in [0.15, 0.2) is 0 Å². The van der Waals surface area contributed by atoms with Gasteiger partial charge in [0.2, 0.25) is 0 Å². The van der Waals surface area contributed by atoms with Crippen molar-refractivity contribution in [1.29, 1.82) is 5.26 Å². The van der Waals surface area contributed by atoms with Gasteiger partial charge < -0.3 is 0 Å². The van der Waals surface area contributed by atoms with Crippen LogP contribution in [0, 0.1) is 11.3 Å². The van der Waals surface area contributed by atoms with Gasteiger partial charge in [-0.15, -0.1) is 0 Å². The maximum Gasteiger partial charge on any atom is 0.265 e. The summed E-state index contributed by atoms with van der Waals surface area (Å²) in [7, 11) is 0. The van der Waals surface area contributed by atoms with E-state index in [1.165, 1.54) is 0 Å². The van der Waals surface area contributed by atoms with Crippen LogP contribution in [0.2, 0.25) is 10.2 Å². The van der Waals surface area contributed by atoms with Gasteiger partial charge in [-0.1, -0.05) is 23.2 Å². The van der Waals surface area contributed by atoms with Gasteiger partial charge >= 0.3 is 0 Å². The molecule has 0 N–H and O–H groups in total. The number of halogens is 4. The van der Waals surface area contributed by atoms with E-state index in [1.807, 2.05) is 0 Å². The molecule has 1 aromatic rings. The summed E-state index contributed by atoms with van der Waals surface area (Å²) >= 11 is 11.0. The van der Waals surface area contributed by atoms with Crippen LogP contribution < -0.4 is 0 Å². The third-order valence-electron chi connectivity index (χ3n) is 1.58. The molecule has 0 bridgehead atoms. The van der Waals surface area contributed by atoms with Gasteiger partial charge in [-0.2, -0.15) is 5.26 Å². The first-order chi connectivity index (χ1) is 6.57. The molecule has 2 nitrogen and oxygen atoms in total. The van der Waals surface area contributed by atoms with Crippen molar-refractivity contribution >= 4 is 23.2 Å². The molecule has 74 valence electrons. The first kappa shape index (κ1) is 11.2. The minimum absolute atomic E-state index is 0.108. The summed E-state index contributed by atoms with van der Waals surface area (Å²) in [6.45, 7) is 0. The average Bonchev–Trinajstić information content (AvgIpc) is 2.11. The summed E-state index contributed by atoms with van der Waals surface area (Å²) in [6, 6.07) is 1.75. The molecule has 0 amide bonds. The Kier molecular flexibility index (Phi) is 3.62. The van der Waals surface area contributed by atoms with Crippen molar-refractivity contribution in [2.24, 2.45) is 0 Å². The molecule has 1 aromatic heterocycles. The Balaban J connectivity index is 3.31. The van der Waals surface area contributed by atoms with Gasteiger partial charge in [0, 0.05) is 11.8 Å². The number of nitriles is 1. The Labute approximate surface area is 89.1 Å².